The summed E-state index contributed by atoms with van der Waals surface area (Å²) in [5, 5.41) is 4.43. The molecule has 3 aromatic heterocycles. The third kappa shape index (κ3) is 4.44. The normalized spacial score (nSPS) is 19.6. The standard InChI is InChI=1S/C21H25B3N6O/c22-21(23,24)31-14-4-2-13(3-5-14)29-20-28-11-16-15(10-27-19(16)30-20)12-1-6-17-18(9-12)26-8-7-25-17/h1,6-11,13-14H,2-5,22-24H2,(H2,27,28,29,30)/t13-,14+. The van der Waals surface area contributed by atoms with Gasteiger partial charge in [0.25, 0.3) is 0 Å². The van der Waals surface area contributed by atoms with E-state index >= 15 is 0 Å². The van der Waals surface area contributed by atoms with E-state index in [0.717, 1.165) is 58.9 Å². The highest BCUT2D eigenvalue weighted by Crippen LogP contribution is 2.30. The lowest BCUT2D eigenvalue weighted by atomic mass is 9.52. The third-order valence-electron chi connectivity index (χ3n) is 5.74. The van der Waals surface area contributed by atoms with E-state index in [-0.39, 0.29) is 5.30 Å². The Balaban J connectivity index is 1.30. The van der Waals surface area contributed by atoms with Gasteiger partial charge in [0.2, 0.25) is 5.95 Å². The van der Waals surface area contributed by atoms with Crippen molar-refractivity contribution in [2.24, 2.45) is 0 Å². The summed E-state index contributed by atoms with van der Waals surface area (Å²) in [7, 11) is 6.36. The fourth-order valence-corrected chi connectivity index (χ4v) is 4.35. The number of aromatic amines is 1. The Bertz CT molecular complexity index is 1220. The first kappa shape index (κ1) is 20.1. The van der Waals surface area contributed by atoms with E-state index in [1.807, 2.05) is 18.5 Å². The van der Waals surface area contributed by atoms with E-state index in [2.05, 4.69) is 60.9 Å². The van der Waals surface area contributed by atoms with Gasteiger partial charge in [-0.15, -0.1) is 0 Å². The van der Waals surface area contributed by atoms with Gasteiger partial charge in [-0.1, -0.05) is 6.07 Å². The Morgan fingerprint density at radius 3 is 2.55 bits per heavy atom. The lowest BCUT2D eigenvalue weighted by Gasteiger charge is -2.34. The number of hydrogen-bond donors (Lipinski definition) is 2. The van der Waals surface area contributed by atoms with Crippen molar-refractivity contribution in [2.45, 2.75) is 43.1 Å². The SMILES string of the molecule is BC(B)(B)O[C@H]1CC[C@@H](Nc2ncc3c(-c4ccc5nccnc5c4)c[nH]c3n2)CC1. The quantitative estimate of drug-likeness (QED) is 0.474. The second kappa shape index (κ2) is 8.00. The third-order valence-corrected chi connectivity index (χ3v) is 5.74. The molecule has 0 spiro atoms. The van der Waals surface area contributed by atoms with Crippen LogP contribution in [0.3, 0.4) is 0 Å². The van der Waals surface area contributed by atoms with Crippen LogP contribution in [0.15, 0.2) is 43.0 Å². The van der Waals surface area contributed by atoms with Crippen LogP contribution in [0, 0.1) is 0 Å². The predicted octanol–water partition coefficient (Wildman–Crippen LogP) is 0.818. The van der Waals surface area contributed by atoms with Crippen molar-refractivity contribution in [3.8, 4) is 11.1 Å². The molecule has 154 valence electrons. The number of aromatic nitrogens is 5. The first-order valence-electron chi connectivity index (χ1n) is 10.9. The minimum atomic E-state index is -0.0813. The van der Waals surface area contributed by atoms with E-state index in [0.29, 0.717) is 18.1 Å². The highest BCUT2D eigenvalue weighted by Gasteiger charge is 2.25. The molecule has 1 fully saturated rings. The number of ether oxygens (including phenoxy) is 1. The van der Waals surface area contributed by atoms with Crippen LogP contribution >= 0.6 is 0 Å². The summed E-state index contributed by atoms with van der Waals surface area (Å²) in [6.07, 6.45) is 11.9. The first-order valence-corrected chi connectivity index (χ1v) is 10.9. The molecule has 7 nitrogen and oxygen atoms in total. The van der Waals surface area contributed by atoms with Gasteiger partial charge >= 0.3 is 0 Å². The van der Waals surface area contributed by atoms with E-state index in [1.54, 1.807) is 12.4 Å². The van der Waals surface area contributed by atoms with Gasteiger partial charge in [0.15, 0.2) is 0 Å². The summed E-state index contributed by atoms with van der Waals surface area (Å²) in [6.45, 7) is 0. The van der Waals surface area contributed by atoms with Crippen LogP contribution in [-0.2, 0) is 4.74 Å². The summed E-state index contributed by atoms with van der Waals surface area (Å²) < 4.78 is 6.13. The smallest absolute Gasteiger partial charge is 0.224 e. The van der Waals surface area contributed by atoms with Crippen LogP contribution in [-0.4, -0.2) is 65.9 Å². The fourth-order valence-electron chi connectivity index (χ4n) is 4.35. The lowest BCUT2D eigenvalue weighted by Crippen LogP contribution is -2.41. The zero-order valence-electron chi connectivity index (χ0n) is 18.2. The van der Waals surface area contributed by atoms with Gasteiger partial charge in [0.1, 0.15) is 29.2 Å². The Hall–Kier alpha value is -2.87. The molecule has 5 rings (SSSR count). The molecule has 3 heterocycles. The van der Waals surface area contributed by atoms with Crippen molar-refractivity contribution in [3.05, 3.63) is 43.0 Å². The van der Waals surface area contributed by atoms with Gasteiger partial charge in [0.05, 0.1) is 17.1 Å². The number of nitrogens with one attached hydrogen (secondary N) is 2. The summed E-state index contributed by atoms with van der Waals surface area (Å²) >= 11 is 0. The topological polar surface area (TPSA) is 88.6 Å². The monoisotopic (exact) mass is 410 g/mol. The van der Waals surface area contributed by atoms with Crippen LogP contribution < -0.4 is 5.32 Å². The number of rotatable bonds is 5. The largest absolute Gasteiger partial charge is 0.398 e. The van der Waals surface area contributed by atoms with Gasteiger partial charge in [-0.05, 0) is 48.7 Å². The summed E-state index contributed by atoms with van der Waals surface area (Å²) in [5.74, 6) is 0.672. The van der Waals surface area contributed by atoms with Crippen molar-refractivity contribution in [1.29, 1.82) is 0 Å². The number of fused-ring (bicyclic) bond motifs is 2. The summed E-state index contributed by atoms with van der Waals surface area (Å²) in [5.41, 5.74) is 4.72. The first-order chi connectivity index (χ1) is 14.9. The number of H-pyrrole nitrogens is 1. The molecule has 4 aromatic rings. The lowest BCUT2D eigenvalue weighted by molar-refractivity contribution is 0.0202. The molecular formula is C21H25B3N6O. The molecule has 0 amide bonds. The molecule has 10 heteroatoms. The van der Waals surface area contributed by atoms with E-state index < -0.39 is 0 Å². The summed E-state index contributed by atoms with van der Waals surface area (Å²) in [6, 6.07) is 6.48. The minimum Gasteiger partial charge on any atom is -0.398 e. The summed E-state index contributed by atoms with van der Waals surface area (Å²) in [4.78, 5) is 21.4. The molecule has 31 heavy (non-hydrogen) atoms. The maximum absolute atomic E-state index is 6.13. The zero-order valence-corrected chi connectivity index (χ0v) is 18.2. The van der Waals surface area contributed by atoms with Crippen LogP contribution in [0.4, 0.5) is 5.95 Å². The molecule has 0 saturated heterocycles. The van der Waals surface area contributed by atoms with Gasteiger partial charge in [0, 0.05) is 41.8 Å². The molecular weight excluding hydrogens is 385 g/mol. The van der Waals surface area contributed by atoms with Crippen molar-refractivity contribution in [3.63, 3.8) is 0 Å². The maximum atomic E-state index is 6.13. The van der Waals surface area contributed by atoms with E-state index in [1.165, 1.54) is 0 Å². The number of hydrogen-bond acceptors (Lipinski definition) is 6. The van der Waals surface area contributed by atoms with Crippen molar-refractivity contribution in [1.82, 2.24) is 24.9 Å². The molecule has 1 aliphatic carbocycles. The van der Waals surface area contributed by atoms with Gasteiger partial charge < -0.3 is 15.0 Å². The molecule has 0 atom stereocenters. The Kier molecular flexibility index (Phi) is 5.18. The number of anilines is 1. The molecule has 0 unspecified atom stereocenters. The Labute approximate surface area is 184 Å². The van der Waals surface area contributed by atoms with Gasteiger partial charge in [-0.3, -0.25) is 9.97 Å². The van der Waals surface area contributed by atoms with Gasteiger partial charge in [-0.25, -0.2) is 4.98 Å². The van der Waals surface area contributed by atoms with E-state index in [4.69, 9.17) is 9.72 Å². The highest BCUT2D eigenvalue weighted by molar-refractivity contribution is 6.58. The molecule has 0 bridgehead atoms. The predicted molar refractivity (Wildman–Crippen MR) is 132 cm³/mol. The van der Waals surface area contributed by atoms with Gasteiger partial charge in [-0.2, -0.15) is 4.98 Å². The average molecular weight is 410 g/mol. The fraction of sp³-hybridized carbons (Fsp3) is 0.333. The number of nitrogens with zero attached hydrogens (tertiary/aromatic N) is 4. The zero-order chi connectivity index (χ0) is 21.4. The van der Waals surface area contributed by atoms with Crippen molar-refractivity contribution in [2.75, 3.05) is 5.32 Å². The van der Waals surface area contributed by atoms with Crippen LogP contribution in [0.5, 0.6) is 0 Å². The number of benzene rings is 1. The van der Waals surface area contributed by atoms with Crippen LogP contribution in [0.1, 0.15) is 25.7 Å². The van der Waals surface area contributed by atoms with E-state index in [9.17, 15) is 0 Å². The Morgan fingerprint density at radius 2 is 1.77 bits per heavy atom. The molecule has 1 aromatic carbocycles. The molecule has 2 N–H and O–H groups in total. The Morgan fingerprint density at radius 1 is 1.00 bits per heavy atom. The second-order valence-electron chi connectivity index (χ2n) is 9.27. The molecule has 0 radical (unpaired) electrons. The van der Waals surface area contributed by atoms with Crippen LogP contribution in [0.2, 0.25) is 0 Å². The molecule has 0 aliphatic heterocycles. The minimum absolute atomic E-state index is 0.0813. The van der Waals surface area contributed by atoms with Crippen molar-refractivity contribution < 1.29 is 4.74 Å². The van der Waals surface area contributed by atoms with Crippen LogP contribution in [0.25, 0.3) is 33.2 Å². The second-order valence-corrected chi connectivity index (χ2v) is 9.27. The maximum Gasteiger partial charge on any atom is 0.224 e. The molecule has 1 saturated carbocycles. The van der Waals surface area contributed by atoms with Crippen molar-refractivity contribution >= 4 is 51.6 Å². The average Bonchev–Trinajstić information content (AvgIpc) is 3.17. The molecule has 1 aliphatic rings. The highest BCUT2D eigenvalue weighted by atomic mass is 16.5.